The number of hydrogen-bond donors (Lipinski definition) is 2. The molecule has 7 nitrogen and oxygen atoms in total. The number of thiophene rings is 1. The van der Waals surface area contributed by atoms with Gasteiger partial charge in [-0.05, 0) is 48.2 Å². The molecule has 0 atom stereocenters. The van der Waals surface area contributed by atoms with Crippen LogP contribution in [0.2, 0.25) is 0 Å². The summed E-state index contributed by atoms with van der Waals surface area (Å²) in [4.78, 5) is 0. The summed E-state index contributed by atoms with van der Waals surface area (Å²) < 4.78 is 29.8. The van der Waals surface area contributed by atoms with Crippen molar-refractivity contribution in [2.45, 2.75) is 18.1 Å². The molecule has 2 aromatic carbocycles. The summed E-state index contributed by atoms with van der Waals surface area (Å²) in [6, 6.07) is 12.8. The van der Waals surface area contributed by atoms with E-state index in [0.29, 0.717) is 21.3 Å². The van der Waals surface area contributed by atoms with Gasteiger partial charge in [0.15, 0.2) is 0 Å². The molecule has 0 aliphatic rings. The second-order valence-electron chi connectivity index (χ2n) is 5.94. The smallest absolute Gasteiger partial charge is 0.271 e. The summed E-state index contributed by atoms with van der Waals surface area (Å²) >= 11 is 1.27. The highest BCUT2D eigenvalue weighted by Gasteiger charge is 2.22. The zero-order valence-corrected chi connectivity index (χ0v) is 15.6. The van der Waals surface area contributed by atoms with E-state index in [9.17, 15) is 8.42 Å². The maximum Gasteiger partial charge on any atom is 0.271 e. The standard InChI is InChI=1S/C17H15N5O2S2/c1-10-6-7-15-14(8-10)11(2)17(25-15)26(23,24)20-13-5-3-4-12(9-13)16-18-21-22-19-16/h3-9,20H,1-2H3,(H,18,19,21,22). The quantitative estimate of drug-likeness (QED) is 0.560. The molecule has 9 heteroatoms. The van der Waals surface area contributed by atoms with Crippen LogP contribution in [0.25, 0.3) is 21.5 Å². The monoisotopic (exact) mass is 385 g/mol. The largest absolute Gasteiger partial charge is 0.279 e. The number of rotatable bonds is 4. The first kappa shape index (κ1) is 16.7. The second-order valence-corrected chi connectivity index (χ2v) is 8.87. The molecule has 2 heterocycles. The Hall–Kier alpha value is -2.78. The summed E-state index contributed by atoms with van der Waals surface area (Å²) in [6.07, 6.45) is 0. The number of aryl methyl sites for hydroxylation is 2. The molecule has 0 saturated carbocycles. The average Bonchev–Trinajstić information content (AvgIpc) is 3.24. The van der Waals surface area contributed by atoms with E-state index in [4.69, 9.17) is 0 Å². The van der Waals surface area contributed by atoms with E-state index in [1.54, 1.807) is 24.3 Å². The Morgan fingerprint density at radius 3 is 2.73 bits per heavy atom. The molecule has 0 bridgehead atoms. The molecule has 0 unspecified atom stereocenters. The molecule has 4 aromatic rings. The molecule has 0 radical (unpaired) electrons. The highest BCUT2D eigenvalue weighted by atomic mass is 32.2. The molecule has 0 fully saturated rings. The fourth-order valence-corrected chi connectivity index (χ4v) is 5.57. The lowest BCUT2D eigenvalue weighted by atomic mass is 10.1. The van der Waals surface area contributed by atoms with Crippen molar-refractivity contribution in [1.82, 2.24) is 20.6 Å². The van der Waals surface area contributed by atoms with Crippen molar-refractivity contribution >= 4 is 37.1 Å². The van der Waals surface area contributed by atoms with Crippen LogP contribution in [0.15, 0.2) is 46.7 Å². The number of nitrogens with one attached hydrogen (secondary N) is 2. The Morgan fingerprint density at radius 1 is 1.12 bits per heavy atom. The van der Waals surface area contributed by atoms with Crippen LogP contribution in [0, 0.1) is 13.8 Å². The van der Waals surface area contributed by atoms with Gasteiger partial charge in [-0.15, -0.1) is 21.5 Å². The number of sulfonamides is 1. The normalized spacial score (nSPS) is 11.8. The van der Waals surface area contributed by atoms with Crippen LogP contribution in [0.3, 0.4) is 0 Å². The van der Waals surface area contributed by atoms with Gasteiger partial charge in [-0.1, -0.05) is 29.8 Å². The minimum atomic E-state index is -3.70. The predicted octanol–water partition coefficient (Wildman–Crippen LogP) is 3.50. The van der Waals surface area contributed by atoms with Crippen LogP contribution in [0.1, 0.15) is 11.1 Å². The molecule has 4 rings (SSSR count). The van der Waals surface area contributed by atoms with E-state index < -0.39 is 10.0 Å². The van der Waals surface area contributed by atoms with E-state index in [-0.39, 0.29) is 0 Å². The van der Waals surface area contributed by atoms with Gasteiger partial charge >= 0.3 is 0 Å². The lowest BCUT2D eigenvalue weighted by molar-refractivity contribution is 0.603. The van der Waals surface area contributed by atoms with Crippen molar-refractivity contribution in [3.63, 3.8) is 0 Å². The number of anilines is 1. The number of nitrogens with zero attached hydrogens (tertiary/aromatic N) is 3. The molecule has 0 aliphatic carbocycles. The first-order valence-electron chi connectivity index (χ1n) is 7.80. The van der Waals surface area contributed by atoms with Gasteiger partial charge in [-0.25, -0.2) is 8.42 Å². The van der Waals surface area contributed by atoms with Gasteiger partial charge in [0.05, 0.1) is 0 Å². The minimum Gasteiger partial charge on any atom is -0.279 e. The van der Waals surface area contributed by atoms with Gasteiger partial charge in [0, 0.05) is 16.0 Å². The highest BCUT2D eigenvalue weighted by molar-refractivity contribution is 7.94. The van der Waals surface area contributed by atoms with E-state index in [1.807, 2.05) is 32.0 Å². The topological polar surface area (TPSA) is 101 Å². The van der Waals surface area contributed by atoms with E-state index >= 15 is 0 Å². The molecule has 0 aliphatic heterocycles. The first-order valence-corrected chi connectivity index (χ1v) is 10.1. The van der Waals surface area contributed by atoms with Gasteiger partial charge in [0.1, 0.15) is 4.21 Å². The number of benzene rings is 2. The number of fused-ring (bicyclic) bond motifs is 1. The van der Waals surface area contributed by atoms with Gasteiger partial charge in [-0.3, -0.25) is 4.72 Å². The van der Waals surface area contributed by atoms with Crippen LogP contribution in [0.5, 0.6) is 0 Å². The van der Waals surface area contributed by atoms with Crippen LogP contribution >= 0.6 is 11.3 Å². The summed E-state index contributed by atoms with van der Waals surface area (Å²) in [6.45, 7) is 3.83. The summed E-state index contributed by atoms with van der Waals surface area (Å²) in [5, 5.41) is 14.7. The van der Waals surface area contributed by atoms with Gasteiger partial charge in [0.25, 0.3) is 10.0 Å². The first-order chi connectivity index (χ1) is 12.4. The number of aromatic amines is 1. The Bertz CT molecular complexity index is 1200. The highest BCUT2D eigenvalue weighted by Crippen LogP contribution is 2.35. The number of H-pyrrole nitrogens is 1. The zero-order valence-electron chi connectivity index (χ0n) is 14.0. The van der Waals surface area contributed by atoms with E-state index in [2.05, 4.69) is 25.3 Å². The van der Waals surface area contributed by atoms with Crippen LogP contribution < -0.4 is 4.72 Å². The third-order valence-electron chi connectivity index (χ3n) is 4.01. The third kappa shape index (κ3) is 2.95. The van der Waals surface area contributed by atoms with Gasteiger partial charge < -0.3 is 0 Å². The number of tetrazole rings is 1. The molecule has 2 N–H and O–H groups in total. The predicted molar refractivity (Wildman–Crippen MR) is 102 cm³/mol. The minimum absolute atomic E-state index is 0.322. The molecule has 26 heavy (non-hydrogen) atoms. The Labute approximate surface area is 154 Å². The Morgan fingerprint density at radius 2 is 1.96 bits per heavy atom. The maximum absolute atomic E-state index is 12.9. The van der Waals surface area contributed by atoms with Crippen molar-refractivity contribution in [2.75, 3.05) is 4.72 Å². The van der Waals surface area contributed by atoms with Crippen molar-refractivity contribution in [2.24, 2.45) is 0 Å². The fourth-order valence-electron chi connectivity index (χ4n) is 2.78. The summed E-state index contributed by atoms with van der Waals surface area (Å²) in [5.41, 5.74) is 2.97. The molecular formula is C17H15N5O2S2. The second kappa shape index (κ2) is 6.19. The van der Waals surface area contributed by atoms with Gasteiger partial charge in [0.2, 0.25) is 5.82 Å². The molecule has 0 spiro atoms. The molecule has 0 saturated heterocycles. The fraction of sp³-hybridized carbons (Fsp3) is 0.118. The lowest BCUT2D eigenvalue weighted by Crippen LogP contribution is -2.12. The Kier molecular flexibility index (Phi) is 3.97. The average molecular weight is 385 g/mol. The Balaban J connectivity index is 1.72. The summed E-state index contributed by atoms with van der Waals surface area (Å²) in [5.74, 6) is 0.402. The van der Waals surface area contributed by atoms with E-state index in [0.717, 1.165) is 21.2 Å². The van der Waals surface area contributed by atoms with Crippen molar-refractivity contribution in [1.29, 1.82) is 0 Å². The lowest BCUT2D eigenvalue weighted by Gasteiger charge is -2.08. The zero-order chi connectivity index (χ0) is 18.3. The van der Waals surface area contributed by atoms with Crippen molar-refractivity contribution in [3.05, 3.63) is 53.6 Å². The van der Waals surface area contributed by atoms with Crippen LogP contribution in [-0.2, 0) is 10.0 Å². The van der Waals surface area contributed by atoms with Crippen molar-refractivity contribution in [3.8, 4) is 11.4 Å². The number of hydrogen-bond acceptors (Lipinski definition) is 6. The third-order valence-corrected chi connectivity index (χ3v) is 7.28. The molecule has 0 amide bonds. The molecular weight excluding hydrogens is 370 g/mol. The SMILES string of the molecule is Cc1ccc2sc(S(=O)(=O)Nc3cccc(-c4nn[nH]n4)c3)c(C)c2c1. The van der Waals surface area contributed by atoms with Gasteiger partial charge in [-0.2, -0.15) is 5.21 Å². The van der Waals surface area contributed by atoms with Crippen molar-refractivity contribution < 1.29 is 8.42 Å². The molecule has 2 aromatic heterocycles. The van der Waals surface area contributed by atoms with E-state index in [1.165, 1.54) is 11.3 Å². The van der Waals surface area contributed by atoms with Crippen LogP contribution in [-0.4, -0.2) is 29.0 Å². The summed E-state index contributed by atoms with van der Waals surface area (Å²) in [7, 11) is -3.70. The maximum atomic E-state index is 12.9. The number of aromatic nitrogens is 4. The molecule has 132 valence electrons. The van der Waals surface area contributed by atoms with Crippen LogP contribution in [0.4, 0.5) is 5.69 Å².